The lowest BCUT2D eigenvalue weighted by Gasteiger charge is -2.40. The van der Waals surface area contributed by atoms with Gasteiger partial charge in [-0.3, -0.25) is 15.1 Å². The Morgan fingerprint density at radius 3 is 2.86 bits per heavy atom. The molecule has 1 N–H and O–H groups in total. The lowest BCUT2D eigenvalue weighted by Crippen LogP contribution is -2.48. The van der Waals surface area contributed by atoms with Crippen molar-refractivity contribution in [3.05, 3.63) is 40.5 Å². The highest BCUT2D eigenvalue weighted by atomic mass is 16.6. The van der Waals surface area contributed by atoms with E-state index in [1.54, 1.807) is 6.07 Å². The van der Waals surface area contributed by atoms with Crippen LogP contribution in [0.4, 0.5) is 11.4 Å². The van der Waals surface area contributed by atoms with E-state index in [1.165, 1.54) is 23.3 Å². The Balaban J connectivity index is 1.73. The average molecular weight is 290 g/mol. The number of rotatable bonds is 4. The van der Waals surface area contributed by atoms with E-state index in [9.17, 15) is 14.9 Å². The van der Waals surface area contributed by atoms with Gasteiger partial charge in [0.2, 0.25) is 0 Å². The summed E-state index contributed by atoms with van der Waals surface area (Å²) in [6.07, 6.45) is 4.06. The van der Waals surface area contributed by atoms with Gasteiger partial charge >= 0.3 is 11.7 Å². The van der Waals surface area contributed by atoms with Crippen LogP contribution in [0.5, 0.6) is 0 Å². The monoisotopic (exact) mass is 290 g/mol. The predicted octanol–water partition coefficient (Wildman–Crippen LogP) is 0.341. The Bertz CT molecular complexity index is 708. The molecule has 1 aliphatic heterocycles. The molecule has 21 heavy (non-hydrogen) atoms. The predicted molar refractivity (Wildman–Crippen MR) is 69.1 cm³/mol. The van der Waals surface area contributed by atoms with Crippen molar-refractivity contribution in [2.24, 2.45) is 0 Å². The fourth-order valence-corrected chi connectivity index (χ4v) is 2.16. The molecule has 0 spiro atoms. The van der Waals surface area contributed by atoms with Crippen LogP contribution >= 0.6 is 0 Å². The van der Waals surface area contributed by atoms with E-state index in [-0.39, 0.29) is 17.4 Å². The van der Waals surface area contributed by atoms with Crippen LogP contribution in [-0.2, 0) is 0 Å². The Morgan fingerprint density at radius 2 is 2.24 bits per heavy atom. The molecule has 1 saturated heterocycles. The highest BCUT2D eigenvalue weighted by molar-refractivity contribution is 5.84. The number of hydrogen-bond donors (Lipinski definition) is 1. The van der Waals surface area contributed by atoms with Crippen LogP contribution in [0, 0.1) is 10.1 Å². The van der Waals surface area contributed by atoms with E-state index in [0.717, 1.165) is 0 Å². The summed E-state index contributed by atoms with van der Waals surface area (Å²) in [4.78, 5) is 26.8. The van der Waals surface area contributed by atoms with Crippen molar-refractivity contribution in [3.63, 3.8) is 0 Å². The quantitative estimate of drug-likeness (QED) is 0.630. The van der Waals surface area contributed by atoms with Gasteiger partial charge in [-0.2, -0.15) is 0 Å². The molecule has 0 aliphatic carbocycles. The van der Waals surface area contributed by atoms with Crippen molar-refractivity contribution in [1.82, 2.24) is 20.0 Å². The van der Waals surface area contributed by atoms with Gasteiger partial charge in [0.25, 0.3) is 0 Å². The average Bonchev–Trinajstić information content (AvgIpc) is 2.87. The number of nitrogens with zero attached hydrogens (tertiary/aromatic N) is 6. The number of carbonyl (C=O) groups is 1. The van der Waals surface area contributed by atoms with Gasteiger partial charge in [0, 0.05) is 19.3 Å². The van der Waals surface area contributed by atoms with Crippen molar-refractivity contribution in [2.75, 3.05) is 18.0 Å². The van der Waals surface area contributed by atoms with Crippen LogP contribution in [-0.4, -0.2) is 49.1 Å². The summed E-state index contributed by atoms with van der Waals surface area (Å²) in [5.41, 5.74) is 0.314. The zero-order valence-corrected chi connectivity index (χ0v) is 10.7. The minimum absolute atomic E-state index is 0.0548. The van der Waals surface area contributed by atoms with Crippen LogP contribution < -0.4 is 4.90 Å². The van der Waals surface area contributed by atoms with Gasteiger partial charge in [-0.15, -0.1) is 5.10 Å². The maximum absolute atomic E-state index is 10.9. The van der Waals surface area contributed by atoms with Crippen LogP contribution in [0.2, 0.25) is 0 Å². The van der Waals surface area contributed by atoms with E-state index in [4.69, 9.17) is 5.11 Å². The standard InChI is InChI=1S/C11H10N6O4/c18-11(19)8-6-16(14-13-8)7-4-15(5-7)9-1-2-12-3-10(9)17(20)21/h1-3,6-7H,4-5H2,(H,18,19). The molecule has 1 fully saturated rings. The minimum Gasteiger partial charge on any atom is -0.476 e. The van der Waals surface area contributed by atoms with Crippen molar-refractivity contribution >= 4 is 17.3 Å². The molecule has 0 saturated carbocycles. The van der Waals surface area contributed by atoms with E-state index in [0.29, 0.717) is 18.8 Å². The Labute approximate surface area is 117 Å². The molecule has 0 atom stereocenters. The molecule has 2 aromatic heterocycles. The highest BCUT2D eigenvalue weighted by Gasteiger charge is 2.33. The molecular weight excluding hydrogens is 280 g/mol. The van der Waals surface area contributed by atoms with Crippen LogP contribution in [0.25, 0.3) is 0 Å². The first-order chi connectivity index (χ1) is 10.1. The summed E-state index contributed by atoms with van der Waals surface area (Å²) in [6, 6.07) is 1.52. The first kappa shape index (κ1) is 13.0. The second-order valence-corrected chi connectivity index (χ2v) is 4.57. The first-order valence-corrected chi connectivity index (χ1v) is 6.04. The third kappa shape index (κ3) is 2.26. The highest BCUT2D eigenvalue weighted by Crippen LogP contribution is 2.33. The zero-order valence-electron chi connectivity index (χ0n) is 10.7. The summed E-state index contributed by atoms with van der Waals surface area (Å²) >= 11 is 0. The molecule has 2 aromatic rings. The van der Waals surface area contributed by atoms with Gasteiger partial charge in [-0.1, -0.05) is 5.21 Å². The van der Waals surface area contributed by atoms with Gasteiger partial charge < -0.3 is 10.0 Å². The number of nitro groups is 1. The SMILES string of the molecule is O=C(O)c1cn(C2CN(c3ccncc3[N+](=O)[O-])C2)nn1. The van der Waals surface area contributed by atoms with Crippen LogP contribution in [0.3, 0.4) is 0 Å². The van der Waals surface area contributed by atoms with E-state index in [1.807, 2.05) is 4.90 Å². The number of hydrogen-bond acceptors (Lipinski definition) is 7. The molecule has 3 rings (SSSR count). The maximum Gasteiger partial charge on any atom is 0.358 e. The molecule has 0 radical (unpaired) electrons. The van der Waals surface area contributed by atoms with Crippen LogP contribution in [0.1, 0.15) is 16.5 Å². The van der Waals surface area contributed by atoms with Crippen molar-refractivity contribution in [2.45, 2.75) is 6.04 Å². The zero-order chi connectivity index (χ0) is 15.0. The number of pyridine rings is 1. The normalized spacial score (nSPS) is 14.8. The van der Waals surface area contributed by atoms with Crippen molar-refractivity contribution in [3.8, 4) is 0 Å². The number of aromatic carboxylic acids is 1. The summed E-state index contributed by atoms with van der Waals surface area (Å²) in [5.74, 6) is -1.14. The lowest BCUT2D eigenvalue weighted by molar-refractivity contribution is -0.384. The molecule has 10 heteroatoms. The van der Waals surface area contributed by atoms with Gasteiger partial charge in [0.05, 0.1) is 17.2 Å². The Kier molecular flexibility index (Phi) is 2.97. The number of aromatic nitrogens is 4. The molecule has 0 amide bonds. The van der Waals surface area contributed by atoms with Gasteiger partial charge in [0.15, 0.2) is 5.69 Å². The second-order valence-electron chi connectivity index (χ2n) is 4.57. The molecule has 108 valence electrons. The third-order valence-corrected chi connectivity index (χ3v) is 3.28. The van der Waals surface area contributed by atoms with Crippen molar-refractivity contribution in [1.29, 1.82) is 0 Å². The number of anilines is 1. The summed E-state index contributed by atoms with van der Waals surface area (Å²) in [6.45, 7) is 0.987. The van der Waals surface area contributed by atoms with Gasteiger partial charge in [-0.05, 0) is 6.07 Å². The van der Waals surface area contributed by atoms with Crippen LogP contribution in [0.15, 0.2) is 24.7 Å². The van der Waals surface area contributed by atoms with Gasteiger partial charge in [-0.25, -0.2) is 9.48 Å². The molecule has 1 aliphatic rings. The van der Waals surface area contributed by atoms with E-state index < -0.39 is 10.9 Å². The molecule has 3 heterocycles. The smallest absolute Gasteiger partial charge is 0.358 e. The summed E-state index contributed by atoms with van der Waals surface area (Å²) < 4.78 is 1.47. The number of carboxylic acids is 1. The number of carboxylic acid groups (broad SMARTS) is 1. The Hall–Kier alpha value is -3.04. The van der Waals surface area contributed by atoms with Crippen molar-refractivity contribution < 1.29 is 14.8 Å². The fraction of sp³-hybridized carbons (Fsp3) is 0.273. The van der Waals surface area contributed by atoms with Gasteiger partial charge in [0.1, 0.15) is 11.9 Å². The lowest BCUT2D eigenvalue weighted by atomic mass is 10.1. The molecule has 0 bridgehead atoms. The molecule has 0 aromatic carbocycles. The Morgan fingerprint density at radius 1 is 1.48 bits per heavy atom. The van der Waals surface area contributed by atoms with E-state index in [2.05, 4.69) is 15.3 Å². The first-order valence-electron chi connectivity index (χ1n) is 6.04. The summed E-state index contributed by atoms with van der Waals surface area (Å²) in [5, 5.41) is 27.0. The van der Waals surface area contributed by atoms with E-state index >= 15 is 0 Å². The fourth-order valence-electron chi connectivity index (χ4n) is 2.16. The third-order valence-electron chi connectivity index (χ3n) is 3.28. The topological polar surface area (TPSA) is 127 Å². The molecule has 10 nitrogen and oxygen atoms in total. The minimum atomic E-state index is -1.14. The maximum atomic E-state index is 10.9. The molecular formula is C11H10N6O4. The molecule has 0 unspecified atom stereocenters. The largest absolute Gasteiger partial charge is 0.476 e. The summed E-state index contributed by atoms with van der Waals surface area (Å²) in [7, 11) is 0. The second kappa shape index (κ2) is 4.81.